The van der Waals surface area contributed by atoms with Crippen LogP contribution in [0.4, 0.5) is 5.69 Å². The predicted molar refractivity (Wildman–Crippen MR) is 74.4 cm³/mol. The first-order chi connectivity index (χ1) is 8.58. The molecule has 1 heterocycles. The Kier molecular flexibility index (Phi) is 3.94. The van der Waals surface area contributed by atoms with Crippen molar-refractivity contribution in [2.45, 2.75) is 13.5 Å². The van der Waals surface area contributed by atoms with Gasteiger partial charge in [-0.1, -0.05) is 29.3 Å². The van der Waals surface area contributed by atoms with E-state index in [-0.39, 0.29) is 5.75 Å². The first kappa shape index (κ1) is 13.0. The van der Waals surface area contributed by atoms with E-state index in [0.29, 0.717) is 22.3 Å². The quantitative estimate of drug-likeness (QED) is 0.836. The van der Waals surface area contributed by atoms with Crippen molar-refractivity contribution in [3.05, 3.63) is 51.8 Å². The number of benzene rings is 1. The monoisotopic (exact) mass is 282 g/mol. The van der Waals surface area contributed by atoms with Crippen molar-refractivity contribution in [2.75, 3.05) is 5.32 Å². The van der Waals surface area contributed by atoms with Crippen molar-refractivity contribution < 1.29 is 5.11 Å². The molecule has 0 saturated carbocycles. The maximum atomic E-state index is 9.72. The predicted octanol–water partition coefficient (Wildman–Crippen LogP) is 4.01. The van der Waals surface area contributed by atoms with E-state index in [1.165, 1.54) is 0 Å². The van der Waals surface area contributed by atoms with Gasteiger partial charge in [0.15, 0.2) is 5.15 Å². The number of nitrogens with one attached hydrogen (secondary N) is 1. The van der Waals surface area contributed by atoms with E-state index in [1.807, 2.05) is 13.0 Å². The molecule has 0 amide bonds. The lowest BCUT2D eigenvalue weighted by molar-refractivity contribution is 0.469. The molecular formula is C13H12Cl2N2O. The molecule has 1 aromatic carbocycles. The summed E-state index contributed by atoms with van der Waals surface area (Å²) in [5.41, 5.74) is 2.36. The molecule has 0 saturated heterocycles. The zero-order valence-electron chi connectivity index (χ0n) is 9.74. The molecule has 0 aliphatic heterocycles. The zero-order chi connectivity index (χ0) is 13.1. The van der Waals surface area contributed by atoms with E-state index in [0.717, 1.165) is 11.3 Å². The third kappa shape index (κ3) is 2.86. The van der Waals surface area contributed by atoms with Crippen LogP contribution in [0.1, 0.15) is 11.1 Å². The molecule has 2 rings (SSSR count). The molecule has 5 heteroatoms. The van der Waals surface area contributed by atoms with Gasteiger partial charge in [-0.3, -0.25) is 0 Å². The molecule has 0 aliphatic carbocycles. The number of nitrogens with zero attached hydrogens (tertiary/aromatic N) is 1. The Morgan fingerprint density at radius 1 is 1.33 bits per heavy atom. The molecule has 3 nitrogen and oxygen atoms in total. The van der Waals surface area contributed by atoms with Gasteiger partial charge in [-0.15, -0.1) is 0 Å². The minimum Gasteiger partial charge on any atom is -0.508 e. The fourth-order valence-corrected chi connectivity index (χ4v) is 1.99. The van der Waals surface area contributed by atoms with Crippen molar-refractivity contribution >= 4 is 28.9 Å². The van der Waals surface area contributed by atoms with Gasteiger partial charge in [-0.2, -0.15) is 0 Å². The zero-order valence-corrected chi connectivity index (χ0v) is 11.3. The normalized spacial score (nSPS) is 10.4. The summed E-state index contributed by atoms with van der Waals surface area (Å²) in [6.45, 7) is 2.32. The van der Waals surface area contributed by atoms with E-state index in [9.17, 15) is 5.11 Å². The Morgan fingerprint density at radius 2 is 2.11 bits per heavy atom. The van der Waals surface area contributed by atoms with Crippen LogP contribution in [0, 0.1) is 6.92 Å². The Morgan fingerprint density at radius 3 is 2.83 bits per heavy atom. The number of rotatable bonds is 3. The van der Waals surface area contributed by atoms with Crippen LogP contribution in [0.2, 0.25) is 10.2 Å². The summed E-state index contributed by atoms with van der Waals surface area (Å²) < 4.78 is 0. The third-order valence-electron chi connectivity index (χ3n) is 2.53. The highest BCUT2D eigenvalue weighted by molar-refractivity contribution is 6.32. The first-order valence-electron chi connectivity index (χ1n) is 5.40. The number of hydrogen-bond donors (Lipinski definition) is 2. The Labute approximate surface area is 115 Å². The molecule has 0 bridgehead atoms. The standard InChI is InChI=1S/C13H12Cl2N2O/c1-8-5-11(13(15)17-6-8)16-7-9-10(14)3-2-4-12(9)18/h2-6,16,18H,7H2,1H3. The van der Waals surface area contributed by atoms with Gasteiger partial charge in [0.2, 0.25) is 0 Å². The van der Waals surface area contributed by atoms with E-state index in [4.69, 9.17) is 23.2 Å². The Hall–Kier alpha value is -1.45. The van der Waals surface area contributed by atoms with Crippen molar-refractivity contribution in [1.82, 2.24) is 4.98 Å². The molecule has 2 aromatic rings. The average Bonchev–Trinajstić information content (AvgIpc) is 2.33. The Bertz CT molecular complexity index is 553. The molecule has 0 radical (unpaired) electrons. The molecule has 0 aliphatic rings. The molecular weight excluding hydrogens is 271 g/mol. The number of aryl methyl sites for hydroxylation is 1. The van der Waals surface area contributed by atoms with Gasteiger partial charge in [0.25, 0.3) is 0 Å². The van der Waals surface area contributed by atoms with Crippen molar-refractivity contribution in [1.29, 1.82) is 0 Å². The Balaban J connectivity index is 2.19. The van der Waals surface area contributed by atoms with E-state index < -0.39 is 0 Å². The highest BCUT2D eigenvalue weighted by Gasteiger charge is 2.07. The van der Waals surface area contributed by atoms with Gasteiger partial charge in [-0.05, 0) is 30.7 Å². The number of pyridine rings is 1. The van der Waals surface area contributed by atoms with Crippen LogP contribution in [0.15, 0.2) is 30.5 Å². The van der Waals surface area contributed by atoms with Crippen molar-refractivity contribution in [2.24, 2.45) is 0 Å². The lowest BCUT2D eigenvalue weighted by atomic mass is 10.2. The van der Waals surface area contributed by atoms with Gasteiger partial charge >= 0.3 is 0 Å². The van der Waals surface area contributed by atoms with Crippen LogP contribution in [-0.2, 0) is 6.54 Å². The van der Waals surface area contributed by atoms with Crippen LogP contribution >= 0.6 is 23.2 Å². The highest BCUT2D eigenvalue weighted by Crippen LogP contribution is 2.27. The second kappa shape index (κ2) is 5.46. The van der Waals surface area contributed by atoms with Crippen molar-refractivity contribution in [3.8, 4) is 5.75 Å². The van der Waals surface area contributed by atoms with Crippen molar-refractivity contribution in [3.63, 3.8) is 0 Å². The van der Waals surface area contributed by atoms with Crippen LogP contribution in [0.3, 0.4) is 0 Å². The number of phenolic OH excluding ortho intramolecular Hbond substituents is 1. The summed E-state index contributed by atoms with van der Waals surface area (Å²) in [6, 6.07) is 6.92. The number of hydrogen-bond acceptors (Lipinski definition) is 3. The molecule has 0 unspecified atom stereocenters. The molecule has 94 valence electrons. The van der Waals surface area contributed by atoms with Crippen LogP contribution in [-0.4, -0.2) is 10.1 Å². The summed E-state index contributed by atoms with van der Waals surface area (Å²) in [4.78, 5) is 4.04. The van der Waals surface area contributed by atoms with E-state index in [1.54, 1.807) is 24.4 Å². The van der Waals surface area contributed by atoms with Crippen LogP contribution in [0.25, 0.3) is 0 Å². The summed E-state index contributed by atoms with van der Waals surface area (Å²) in [5, 5.41) is 13.7. The lowest BCUT2D eigenvalue weighted by Gasteiger charge is -2.11. The van der Waals surface area contributed by atoms with Gasteiger partial charge in [0.05, 0.1) is 5.69 Å². The second-order valence-electron chi connectivity index (χ2n) is 3.94. The number of anilines is 1. The maximum Gasteiger partial charge on any atom is 0.152 e. The fraction of sp³-hybridized carbons (Fsp3) is 0.154. The van der Waals surface area contributed by atoms with E-state index in [2.05, 4.69) is 10.3 Å². The minimum absolute atomic E-state index is 0.159. The van der Waals surface area contributed by atoms with E-state index >= 15 is 0 Å². The molecule has 2 N–H and O–H groups in total. The number of aromatic hydroxyl groups is 1. The van der Waals surface area contributed by atoms with Crippen LogP contribution < -0.4 is 5.32 Å². The number of phenols is 1. The summed E-state index contributed by atoms with van der Waals surface area (Å²) in [6.07, 6.45) is 1.69. The molecule has 0 spiro atoms. The smallest absolute Gasteiger partial charge is 0.152 e. The van der Waals surface area contributed by atoms with Gasteiger partial charge in [0.1, 0.15) is 5.75 Å². The molecule has 0 atom stereocenters. The summed E-state index contributed by atoms with van der Waals surface area (Å²) >= 11 is 12.0. The second-order valence-corrected chi connectivity index (χ2v) is 4.71. The van der Waals surface area contributed by atoms with Gasteiger partial charge < -0.3 is 10.4 Å². The van der Waals surface area contributed by atoms with Gasteiger partial charge in [0, 0.05) is 23.3 Å². The molecule has 18 heavy (non-hydrogen) atoms. The summed E-state index contributed by atoms with van der Waals surface area (Å²) in [7, 11) is 0. The third-order valence-corrected chi connectivity index (χ3v) is 3.18. The minimum atomic E-state index is 0.159. The van der Waals surface area contributed by atoms with Gasteiger partial charge in [-0.25, -0.2) is 4.98 Å². The SMILES string of the molecule is Cc1cnc(Cl)c(NCc2c(O)cccc2Cl)c1. The lowest BCUT2D eigenvalue weighted by Crippen LogP contribution is -2.02. The largest absolute Gasteiger partial charge is 0.508 e. The molecule has 1 aromatic heterocycles. The number of aromatic nitrogens is 1. The topological polar surface area (TPSA) is 45.2 Å². The average molecular weight is 283 g/mol. The van der Waals surface area contributed by atoms with Crippen LogP contribution in [0.5, 0.6) is 5.75 Å². The number of halogens is 2. The first-order valence-corrected chi connectivity index (χ1v) is 6.16. The molecule has 0 fully saturated rings. The summed E-state index contributed by atoms with van der Waals surface area (Å²) in [5.74, 6) is 0.159. The fourth-order valence-electron chi connectivity index (χ4n) is 1.58. The maximum absolute atomic E-state index is 9.72. The highest BCUT2D eigenvalue weighted by atomic mass is 35.5.